The Kier molecular flexibility index (Phi) is 4.85. The molecule has 0 aliphatic rings. The van der Waals surface area contributed by atoms with E-state index in [0.29, 0.717) is 6.61 Å². The third-order valence-electron chi connectivity index (χ3n) is 3.00. The van der Waals surface area contributed by atoms with Crippen LogP contribution in [0.2, 0.25) is 0 Å². The Morgan fingerprint density at radius 2 is 1.83 bits per heavy atom. The van der Waals surface area contributed by atoms with Gasteiger partial charge in [0.1, 0.15) is 5.69 Å². The molecular formula is C15H16N2O6. The lowest BCUT2D eigenvalue weighted by Gasteiger charge is -2.11. The van der Waals surface area contributed by atoms with Gasteiger partial charge in [0.05, 0.1) is 13.2 Å². The zero-order chi connectivity index (χ0) is 17.0. The van der Waals surface area contributed by atoms with Crippen LogP contribution >= 0.6 is 0 Å². The normalized spacial score (nSPS) is 10.3. The summed E-state index contributed by atoms with van der Waals surface area (Å²) < 4.78 is 12.2. The van der Waals surface area contributed by atoms with Gasteiger partial charge < -0.3 is 14.6 Å². The second-order valence-corrected chi connectivity index (χ2v) is 4.40. The van der Waals surface area contributed by atoms with Gasteiger partial charge in [0, 0.05) is 12.4 Å². The van der Waals surface area contributed by atoms with Gasteiger partial charge >= 0.3 is 18.0 Å². The highest BCUT2D eigenvalue weighted by Gasteiger charge is 2.25. The molecule has 0 spiro atoms. The lowest BCUT2D eigenvalue weighted by molar-refractivity contribution is 0.0511. The van der Waals surface area contributed by atoms with E-state index >= 15 is 0 Å². The second-order valence-electron chi connectivity index (χ2n) is 4.40. The van der Waals surface area contributed by atoms with Gasteiger partial charge in [-0.3, -0.25) is 9.13 Å². The van der Waals surface area contributed by atoms with Crippen molar-refractivity contribution < 1.29 is 29.0 Å². The SMILES string of the molecule is CCOC(=O)c1c(OCC)ccn1C(=O)n1cccc1C(=O)O. The Morgan fingerprint density at radius 3 is 2.43 bits per heavy atom. The zero-order valence-electron chi connectivity index (χ0n) is 12.7. The first kappa shape index (κ1) is 16.3. The van der Waals surface area contributed by atoms with Crippen molar-refractivity contribution in [1.82, 2.24) is 9.13 Å². The molecule has 0 amide bonds. The van der Waals surface area contributed by atoms with E-state index in [-0.39, 0.29) is 23.7 Å². The van der Waals surface area contributed by atoms with Crippen molar-refractivity contribution >= 4 is 18.0 Å². The number of rotatable bonds is 5. The summed E-state index contributed by atoms with van der Waals surface area (Å²) in [5.41, 5.74) is -0.291. The van der Waals surface area contributed by atoms with Gasteiger partial charge in [-0.25, -0.2) is 14.4 Å². The molecule has 2 heterocycles. The second kappa shape index (κ2) is 6.82. The van der Waals surface area contributed by atoms with E-state index < -0.39 is 18.0 Å². The Labute approximate surface area is 131 Å². The molecule has 2 rings (SSSR count). The van der Waals surface area contributed by atoms with E-state index in [1.165, 1.54) is 30.6 Å². The van der Waals surface area contributed by atoms with Crippen molar-refractivity contribution in [2.24, 2.45) is 0 Å². The molecule has 8 heteroatoms. The molecule has 0 aromatic carbocycles. The van der Waals surface area contributed by atoms with E-state index in [1.54, 1.807) is 13.8 Å². The topological polar surface area (TPSA) is 99.8 Å². The minimum absolute atomic E-state index is 0.0799. The van der Waals surface area contributed by atoms with Gasteiger partial charge in [-0.15, -0.1) is 0 Å². The highest BCUT2D eigenvalue weighted by Crippen LogP contribution is 2.22. The molecule has 0 atom stereocenters. The molecule has 0 aliphatic carbocycles. The summed E-state index contributed by atoms with van der Waals surface area (Å²) in [5, 5.41) is 9.10. The number of aromatic nitrogens is 2. The molecule has 0 saturated carbocycles. The number of ether oxygens (including phenoxy) is 2. The third-order valence-corrected chi connectivity index (χ3v) is 3.00. The molecule has 0 saturated heterocycles. The summed E-state index contributed by atoms with van der Waals surface area (Å²) in [7, 11) is 0. The Morgan fingerprint density at radius 1 is 1.09 bits per heavy atom. The summed E-state index contributed by atoms with van der Waals surface area (Å²) in [4.78, 5) is 35.8. The maximum Gasteiger partial charge on any atom is 0.359 e. The molecule has 2 aromatic rings. The summed E-state index contributed by atoms with van der Waals surface area (Å²) in [6.07, 6.45) is 2.65. The molecule has 0 aliphatic heterocycles. The Balaban J connectivity index is 2.50. The average molecular weight is 320 g/mol. The molecule has 0 radical (unpaired) electrons. The number of esters is 1. The highest BCUT2D eigenvalue weighted by atomic mass is 16.5. The van der Waals surface area contributed by atoms with Crippen molar-refractivity contribution in [1.29, 1.82) is 0 Å². The first-order valence-electron chi connectivity index (χ1n) is 6.97. The van der Waals surface area contributed by atoms with Crippen LogP contribution in [0.5, 0.6) is 5.75 Å². The molecule has 1 N–H and O–H groups in total. The standard InChI is InChI=1S/C15H16N2O6/c1-3-22-11-7-9-17(12(11)14(20)23-4-2)15(21)16-8-5-6-10(16)13(18)19/h5-9H,3-4H2,1-2H3,(H,18,19). The van der Waals surface area contributed by atoms with Gasteiger partial charge in [-0.1, -0.05) is 0 Å². The molecule has 2 aromatic heterocycles. The molecule has 23 heavy (non-hydrogen) atoms. The largest absolute Gasteiger partial charge is 0.491 e. The van der Waals surface area contributed by atoms with Crippen molar-refractivity contribution in [3.05, 3.63) is 42.0 Å². The van der Waals surface area contributed by atoms with E-state index in [1.807, 2.05) is 0 Å². The van der Waals surface area contributed by atoms with Crippen molar-refractivity contribution in [3.63, 3.8) is 0 Å². The fourth-order valence-electron chi connectivity index (χ4n) is 2.08. The van der Waals surface area contributed by atoms with Gasteiger partial charge in [-0.2, -0.15) is 0 Å². The lowest BCUT2D eigenvalue weighted by atomic mass is 10.4. The minimum atomic E-state index is -1.25. The monoisotopic (exact) mass is 320 g/mol. The van der Waals surface area contributed by atoms with Crippen molar-refractivity contribution in [2.45, 2.75) is 13.8 Å². The van der Waals surface area contributed by atoms with Crippen LogP contribution in [0.4, 0.5) is 4.79 Å². The van der Waals surface area contributed by atoms with Crippen molar-refractivity contribution in [3.8, 4) is 5.75 Å². The minimum Gasteiger partial charge on any atom is -0.491 e. The fourth-order valence-corrected chi connectivity index (χ4v) is 2.08. The van der Waals surface area contributed by atoms with E-state index in [4.69, 9.17) is 14.6 Å². The van der Waals surface area contributed by atoms with E-state index in [9.17, 15) is 14.4 Å². The Bertz CT molecular complexity index is 743. The predicted molar refractivity (Wildman–Crippen MR) is 79.1 cm³/mol. The van der Waals surface area contributed by atoms with Gasteiger partial charge in [0.25, 0.3) is 0 Å². The fraction of sp³-hybridized carbons (Fsp3) is 0.267. The first-order chi connectivity index (χ1) is 11.0. The molecular weight excluding hydrogens is 304 g/mol. The summed E-state index contributed by atoms with van der Waals surface area (Å²) >= 11 is 0. The molecule has 8 nitrogen and oxygen atoms in total. The van der Waals surface area contributed by atoms with Crippen LogP contribution in [0.25, 0.3) is 0 Å². The molecule has 0 unspecified atom stereocenters. The van der Waals surface area contributed by atoms with Crippen LogP contribution < -0.4 is 4.74 Å². The third kappa shape index (κ3) is 3.10. The number of hydrogen-bond donors (Lipinski definition) is 1. The number of carbonyl (C=O) groups excluding carboxylic acids is 2. The highest BCUT2D eigenvalue weighted by molar-refractivity contribution is 5.98. The van der Waals surface area contributed by atoms with Crippen LogP contribution in [-0.2, 0) is 4.74 Å². The number of aromatic carboxylic acids is 1. The number of carboxylic acid groups (broad SMARTS) is 1. The molecule has 0 fully saturated rings. The van der Waals surface area contributed by atoms with Crippen LogP contribution in [-0.4, -0.2) is 45.4 Å². The first-order valence-corrected chi connectivity index (χ1v) is 6.97. The van der Waals surface area contributed by atoms with Crippen LogP contribution in [0.15, 0.2) is 30.6 Å². The number of hydrogen-bond acceptors (Lipinski definition) is 5. The maximum absolute atomic E-state index is 12.6. The summed E-state index contributed by atoms with van der Waals surface area (Å²) in [6.45, 7) is 3.81. The lowest BCUT2D eigenvalue weighted by Crippen LogP contribution is -2.25. The summed E-state index contributed by atoms with van der Waals surface area (Å²) in [5.74, 6) is -1.78. The van der Waals surface area contributed by atoms with Crippen LogP contribution in [0.3, 0.4) is 0 Å². The number of carboxylic acids is 1. The summed E-state index contributed by atoms with van der Waals surface area (Å²) in [6, 6.07) is 3.45. The zero-order valence-corrected chi connectivity index (χ0v) is 12.7. The quantitative estimate of drug-likeness (QED) is 0.847. The van der Waals surface area contributed by atoms with Gasteiger partial charge in [0.15, 0.2) is 11.4 Å². The van der Waals surface area contributed by atoms with Crippen LogP contribution in [0.1, 0.15) is 34.8 Å². The number of carbonyl (C=O) groups is 3. The van der Waals surface area contributed by atoms with Gasteiger partial charge in [0.2, 0.25) is 0 Å². The average Bonchev–Trinajstić information content (AvgIpc) is 3.14. The smallest absolute Gasteiger partial charge is 0.359 e. The van der Waals surface area contributed by atoms with Gasteiger partial charge in [-0.05, 0) is 32.0 Å². The molecule has 0 bridgehead atoms. The molecule has 122 valence electrons. The predicted octanol–water partition coefficient (Wildman–Crippen LogP) is 2.08. The van der Waals surface area contributed by atoms with E-state index in [0.717, 1.165) is 9.13 Å². The Hall–Kier alpha value is -3.03. The maximum atomic E-state index is 12.6. The number of nitrogens with zero attached hydrogens (tertiary/aromatic N) is 2. The van der Waals surface area contributed by atoms with Crippen LogP contribution in [0, 0.1) is 0 Å². The van der Waals surface area contributed by atoms with E-state index in [2.05, 4.69) is 0 Å². The van der Waals surface area contributed by atoms with Crippen molar-refractivity contribution in [2.75, 3.05) is 13.2 Å².